The second-order valence-corrected chi connectivity index (χ2v) is 8.95. The minimum atomic E-state index is -3.63. The lowest BCUT2D eigenvalue weighted by atomic mass is 10.2. The lowest BCUT2D eigenvalue weighted by molar-refractivity contribution is -0.123. The fraction of sp³-hybridized carbons (Fsp3) is 0.312. The predicted octanol–water partition coefficient (Wildman–Crippen LogP) is 3.69. The highest BCUT2D eigenvalue weighted by Crippen LogP contribution is 2.31. The second kappa shape index (κ2) is 7.47. The summed E-state index contributed by atoms with van der Waals surface area (Å²) >= 11 is 7.19. The molecule has 0 saturated heterocycles. The predicted molar refractivity (Wildman–Crippen MR) is 93.5 cm³/mol. The zero-order chi connectivity index (χ0) is 17.0. The summed E-state index contributed by atoms with van der Waals surface area (Å²) in [4.78, 5) is 12.7. The molecule has 1 unspecified atom stereocenters. The van der Waals surface area contributed by atoms with Crippen molar-refractivity contribution in [2.45, 2.75) is 24.0 Å². The zero-order valence-corrected chi connectivity index (χ0v) is 15.2. The first kappa shape index (κ1) is 18.0. The monoisotopic (exact) mass is 371 g/mol. The van der Waals surface area contributed by atoms with Crippen molar-refractivity contribution in [3.8, 4) is 0 Å². The van der Waals surface area contributed by atoms with E-state index in [0.717, 1.165) is 0 Å². The van der Waals surface area contributed by atoms with E-state index in [4.69, 9.17) is 11.6 Å². The van der Waals surface area contributed by atoms with Crippen molar-refractivity contribution in [2.75, 3.05) is 6.54 Å². The first-order chi connectivity index (χ1) is 10.8. The van der Waals surface area contributed by atoms with Crippen LogP contribution in [0, 0.1) is 5.92 Å². The summed E-state index contributed by atoms with van der Waals surface area (Å²) in [6.07, 6.45) is 0. The van der Waals surface area contributed by atoms with Crippen LogP contribution in [0.5, 0.6) is 0 Å². The third-order valence-corrected chi connectivity index (χ3v) is 6.85. The molecule has 1 atom stereocenters. The Kier molecular flexibility index (Phi) is 5.84. The summed E-state index contributed by atoms with van der Waals surface area (Å²) in [7, 11) is -3.63. The number of hydrogen-bond acceptors (Lipinski definition) is 4. The number of rotatable bonds is 6. The number of thiophene rings is 1. The van der Waals surface area contributed by atoms with Crippen LogP contribution in [0.15, 0.2) is 46.7 Å². The van der Waals surface area contributed by atoms with Crippen molar-refractivity contribution in [2.24, 2.45) is 5.92 Å². The molecule has 1 amide bonds. The van der Waals surface area contributed by atoms with E-state index in [1.165, 1.54) is 23.5 Å². The van der Waals surface area contributed by atoms with Gasteiger partial charge in [-0.3, -0.25) is 4.79 Å². The van der Waals surface area contributed by atoms with Gasteiger partial charge in [0.15, 0.2) is 9.84 Å². The first-order valence-electron chi connectivity index (χ1n) is 7.13. The Labute approximate surface area is 145 Å². The molecule has 7 heteroatoms. The standard InChI is InChI=1S/C16H18ClNO3S2/c1-11(2)16(19)18-10-15(14-4-3-9-22-14)23(20,21)13-7-5-12(17)6-8-13/h3-9,11,15H,10H2,1-2H3,(H,18,19). The van der Waals surface area contributed by atoms with Crippen LogP contribution in [-0.4, -0.2) is 20.9 Å². The summed E-state index contributed by atoms with van der Waals surface area (Å²) in [5.74, 6) is -0.366. The number of carbonyl (C=O) groups excluding carboxylic acids is 1. The van der Waals surface area contributed by atoms with E-state index in [2.05, 4.69) is 5.32 Å². The van der Waals surface area contributed by atoms with E-state index < -0.39 is 15.1 Å². The molecule has 124 valence electrons. The molecule has 0 bridgehead atoms. The smallest absolute Gasteiger partial charge is 0.222 e. The van der Waals surface area contributed by atoms with Gasteiger partial charge in [0.1, 0.15) is 5.25 Å². The highest BCUT2D eigenvalue weighted by atomic mass is 35.5. The molecule has 0 aliphatic rings. The molecule has 0 fully saturated rings. The number of benzene rings is 1. The van der Waals surface area contributed by atoms with E-state index in [0.29, 0.717) is 9.90 Å². The number of hydrogen-bond donors (Lipinski definition) is 1. The zero-order valence-electron chi connectivity index (χ0n) is 12.8. The molecule has 0 aliphatic carbocycles. The second-order valence-electron chi connectivity index (χ2n) is 5.40. The largest absolute Gasteiger partial charge is 0.354 e. The molecular weight excluding hydrogens is 354 g/mol. The van der Waals surface area contributed by atoms with Crippen LogP contribution in [0.3, 0.4) is 0 Å². The van der Waals surface area contributed by atoms with Gasteiger partial charge in [0.25, 0.3) is 0 Å². The van der Waals surface area contributed by atoms with Gasteiger partial charge in [0, 0.05) is 22.4 Å². The van der Waals surface area contributed by atoms with E-state index in [1.54, 1.807) is 38.1 Å². The summed E-state index contributed by atoms with van der Waals surface area (Å²) in [5.41, 5.74) is 0. The number of carbonyl (C=O) groups is 1. The van der Waals surface area contributed by atoms with Crippen molar-refractivity contribution >= 4 is 38.7 Å². The molecule has 0 saturated carbocycles. The maximum atomic E-state index is 12.9. The highest BCUT2D eigenvalue weighted by molar-refractivity contribution is 7.91. The Balaban J connectivity index is 2.33. The minimum Gasteiger partial charge on any atom is -0.354 e. The van der Waals surface area contributed by atoms with E-state index in [1.807, 2.05) is 5.38 Å². The van der Waals surface area contributed by atoms with Crippen LogP contribution in [0.25, 0.3) is 0 Å². The number of amides is 1. The molecular formula is C16H18ClNO3S2. The summed E-state index contributed by atoms with van der Waals surface area (Å²) in [6.45, 7) is 3.58. The fourth-order valence-corrected chi connectivity index (χ4v) is 4.93. The third-order valence-electron chi connectivity index (χ3n) is 3.36. The molecule has 1 heterocycles. The van der Waals surface area contributed by atoms with E-state index >= 15 is 0 Å². The van der Waals surface area contributed by atoms with Crippen molar-refractivity contribution in [3.63, 3.8) is 0 Å². The Hall–Kier alpha value is -1.37. The Bertz CT molecular complexity index is 753. The molecule has 2 rings (SSSR count). The van der Waals surface area contributed by atoms with E-state index in [9.17, 15) is 13.2 Å². The van der Waals surface area contributed by atoms with Crippen LogP contribution in [0.4, 0.5) is 0 Å². The fourth-order valence-electron chi connectivity index (χ4n) is 2.02. The van der Waals surface area contributed by atoms with Crippen LogP contribution in [0.1, 0.15) is 24.0 Å². The van der Waals surface area contributed by atoms with Crippen LogP contribution in [-0.2, 0) is 14.6 Å². The molecule has 1 aromatic heterocycles. The third kappa shape index (κ3) is 4.34. The molecule has 4 nitrogen and oxygen atoms in total. The van der Waals surface area contributed by atoms with Gasteiger partial charge < -0.3 is 5.32 Å². The number of halogens is 1. The van der Waals surface area contributed by atoms with Gasteiger partial charge in [-0.2, -0.15) is 0 Å². The van der Waals surface area contributed by atoms with Gasteiger partial charge in [-0.25, -0.2) is 8.42 Å². The van der Waals surface area contributed by atoms with Crippen LogP contribution < -0.4 is 5.32 Å². The lowest BCUT2D eigenvalue weighted by Crippen LogP contribution is -2.34. The SMILES string of the molecule is CC(C)C(=O)NCC(c1cccs1)S(=O)(=O)c1ccc(Cl)cc1. The van der Waals surface area contributed by atoms with Gasteiger partial charge in [0.05, 0.1) is 4.90 Å². The molecule has 1 N–H and O–H groups in total. The number of nitrogens with one attached hydrogen (secondary N) is 1. The molecule has 0 spiro atoms. The van der Waals surface area contributed by atoms with Crippen LogP contribution in [0.2, 0.25) is 5.02 Å². The molecule has 23 heavy (non-hydrogen) atoms. The van der Waals surface area contributed by atoms with Gasteiger partial charge >= 0.3 is 0 Å². The Morgan fingerprint density at radius 1 is 1.22 bits per heavy atom. The summed E-state index contributed by atoms with van der Waals surface area (Å²) in [6, 6.07) is 9.64. The topological polar surface area (TPSA) is 63.2 Å². The van der Waals surface area contributed by atoms with Crippen molar-refractivity contribution in [1.82, 2.24) is 5.32 Å². The molecule has 0 radical (unpaired) electrons. The average molecular weight is 372 g/mol. The van der Waals surface area contributed by atoms with Crippen molar-refractivity contribution in [1.29, 1.82) is 0 Å². The highest BCUT2D eigenvalue weighted by Gasteiger charge is 2.30. The van der Waals surface area contributed by atoms with E-state index in [-0.39, 0.29) is 23.3 Å². The summed E-state index contributed by atoms with van der Waals surface area (Å²) < 4.78 is 25.9. The minimum absolute atomic E-state index is 0.0441. The van der Waals surface area contributed by atoms with Crippen LogP contribution >= 0.6 is 22.9 Å². The first-order valence-corrected chi connectivity index (χ1v) is 9.93. The summed E-state index contributed by atoms with van der Waals surface area (Å²) in [5, 5.41) is 4.21. The molecule has 0 aliphatic heterocycles. The van der Waals surface area contributed by atoms with Gasteiger partial charge in [0.2, 0.25) is 5.91 Å². The van der Waals surface area contributed by atoms with Crippen molar-refractivity contribution < 1.29 is 13.2 Å². The van der Waals surface area contributed by atoms with Gasteiger partial charge in [-0.15, -0.1) is 11.3 Å². The lowest BCUT2D eigenvalue weighted by Gasteiger charge is -2.18. The number of sulfone groups is 1. The van der Waals surface area contributed by atoms with Gasteiger partial charge in [-0.05, 0) is 35.7 Å². The Morgan fingerprint density at radius 3 is 2.39 bits per heavy atom. The quantitative estimate of drug-likeness (QED) is 0.842. The average Bonchev–Trinajstić information content (AvgIpc) is 3.01. The molecule has 2 aromatic rings. The van der Waals surface area contributed by atoms with Gasteiger partial charge in [-0.1, -0.05) is 31.5 Å². The Morgan fingerprint density at radius 2 is 1.87 bits per heavy atom. The maximum Gasteiger partial charge on any atom is 0.222 e. The van der Waals surface area contributed by atoms with Crippen molar-refractivity contribution in [3.05, 3.63) is 51.7 Å². The normalized spacial score (nSPS) is 13.0. The maximum absolute atomic E-state index is 12.9. The molecule has 1 aromatic carbocycles.